The molecule has 0 aliphatic heterocycles. The van der Waals surface area contributed by atoms with E-state index in [-0.39, 0.29) is 17.4 Å². The average Bonchev–Trinajstić information content (AvgIpc) is 2.43. The highest BCUT2D eigenvalue weighted by molar-refractivity contribution is 5.82. The van der Waals surface area contributed by atoms with Crippen molar-refractivity contribution in [1.82, 2.24) is 5.32 Å². The fourth-order valence-electron chi connectivity index (χ4n) is 1.86. The first-order chi connectivity index (χ1) is 9.75. The van der Waals surface area contributed by atoms with Gasteiger partial charge in [-0.2, -0.15) is 0 Å². The molecule has 0 saturated heterocycles. The third kappa shape index (κ3) is 5.38. The Balaban J connectivity index is 2.56. The van der Waals surface area contributed by atoms with E-state index in [0.717, 1.165) is 17.7 Å². The number of para-hydroxylation sites is 1. The Morgan fingerprint density at radius 3 is 2.48 bits per heavy atom. The van der Waals surface area contributed by atoms with Gasteiger partial charge in [-0.15, -0.1) is 0 Å². The summed E-state index contributed by atoms with van der Waals surface area (Å²) in [7, 11) is 0. The van der Waals surface area contributed by atoms with E-state index in [4.69, 9.17) is 10.5 Å². The van der Waals surface area contributed by atoms with Crippen LogP contribution in [0.5, 0.6) is 5.75 Å². The molecule has 2 atom stereocenters. The number of nitrogens with two attached hydrogens (primary N) is 1. The maximum absolute atomic E-state index is 12.0. The first-order valence-electron chi connectivity index (χ1n) is 7.51. The molecule has 0 heterocycles. The number of hydrogen-bond donors (Lipinski definition) is 2. The maximum Gasteiger partial charge on any atom is 0.237 e. The predicted octanol–water partition coefficient (Wildman–Crippen LogP) is 2.64. The highest BCUT2D eigenvalue weighted by atomic mass is 16.5. The van der Waals surface area contributed by atoms with E-state index in [2.05, 4.69) is 5.32 Å². The van der Waals surface area contributed by atoms with Crippen molar-refractivity contribution in [2.75, 3.05) is 6.54 Å². The number of rotatable bonds is 6. The van der Waals surface area contributed by atoms with Crippen LogP contribution in [0.25, 0.3) is 0 Å². The standard InChI is InChI=1S/C17H28N2O2/c1-6-13(21-14-10-8-7-9-12(14)2)11-19-16(20)15(18)17(3,4)5/h7-10,13,15H,6,11,18H2,1-5H3,(H,19,20)/t13?,15-/m1/s1. The number of carbonyl (C=O) groups is 1. The average molecular weight is 292 g/mol. The molecule has 1 rings (SSSR count). The summed E-state index contributed by atoms with van der Waals surface area (Å²) in [5.74, 6) is 0.730. The first-order valence-corrected chi connectivity index (χ1v) is 7.51. The molecule has 118 valence electrons. The summed E-state index contributed by atoms with van der Waals surface area (Å²) in [6, 6.07) is 7.36. The van der Waals surface area contributed by atoms with Crippen LogP contribution in [0.3, 0.4) is 0 Å². The van der Waals surface area contributed by atoms with Crippen molar-refractivity contribution in [1.29, 1.82) is 0 Å². The van der Waals surface area contributed by atoms with Crippen LogP contribution in [-0.4, -0.2) is 24.6 Å². The Morgan fingerprint density at radius 2 is 1.95 bits per heavy atom. The van der Waals surface area contributed by atoms with Gasteiger partial charge in [-0.3, -0.25) is 4.79 Å². The lowest BCUT2D eigenvalue weighted by Crippen LogP contribution is -2.50. The largest absolute Gasteiger partial charge is 0.488 e. The Kier molecular flexibility index (Phi) is 6.21. The van der Waals surface area contributed by atoms with Gasteiger partial charge in [-0.25, -0.2) is 0 Å². The minimum atomic E-state index is -0.520. The van der Waals surface area contributed by atoms with Gasteiger partial charge in [0.15, 0.2) is 0 Å². The first kappa shape index (κ1) is 17.5. The van der Waals surface area contributed by atoms with Crippen LogP contribution in [0.1, 0.15) is 39.7 Å². The lowest BCUT2D eigenvalue weighted by atomic mass is 9.87. The van der Waals surface area contributed by atoms with Gasteiger partial charge in [0.2, 0.25) is 5.91 Å². The Morgan fingerprint density at radius 1 is 1.33 bits per heavy atom. The van der Waals surface area contributed by atoms with Gasteiger partial charge < -0.3 is 15.8 Å². The minimum Gasteiger partial charge on any atom is -0.488 e. The van der Waals surface area contributed by atoms with Crippen LogP contribution in [0.15, 0.2) is 24.3 Å². The predicted molar refractivity (Wildman–Crippen MR) is 86.3 cm³/mol. The second-order valence-electron chi connectivity index (χ2n) is 6.50. The second kappa shape index (κ2) is 7.46. The summed E-state index contributed by atoms with van der Waals surface area (Å²) in [6.45, 7) is 10.4. The summed E-state index contributed by atoms with van der Waals surface area (Å²) in [4.78, 5) is 12.0. The number of amides is 1. The topological polar surface area (TPSA) is 64.4 Å². The van der Waals surface area contributed by atoms with Crippen LogP contribution in [-0.2, 0) is 4.79 Å². The van der Waals surface area contributed by atoms with E-state index in [9.17, 15) is 4.79 Å². The van der Waals surface area contributed by atoms with E-state index >= 15 is 0 Å². The van der Waals surface area contributed by atoms with Gasteiger partial charge >= 0.3 is 0 Å². The van der Waals surface area contributed by atoms with E-state index in [1.54, 1.807) is 0 Å². The molecule has 1 aromatic carbocycles. The van der Waals surface area contributed by atoms with Crippen molar-refractivity contribution in [2.24, 2.45) is 11.1 Å². The summed E-state index contributed by atoms with van der Waals surface area (Å²) in [5.41, 5.74) is 6.79. The fourth-order valence-corrected chi connectivity index (χ4v) is 1.86. The second-order valence-corrected chi connectivity index (χ2v) is 6.50. The van der Waals surface area contributed by atoms with Gasteiger partial charge in [0.1, 0.15) is 11.9 Å². The molecule has 0 aliphatic rings. The van der Waals surface area contributed by atoms with E-state index in [1.165, 1.54) is 0 Å². The fraction of sp³-hybridized carbons (Fsp3) is 0.588. The van der Waals surface area contributed by atoms with Crippen molar-refractivity contribution in [3.63, 3.8) is 0 Å². The van der Waals surface area contributed by atoms with Crippen molar-refractivity contribution < 1.29 is 9.53 Å². The lowest BCUT2D eigenvalue weighted by Gasteiger charge is -2.27. The number of benzene rings is 1. The van der Waals surface area contributed by atoms with Crippen LogP contribution in [0, 0.1) is 12.3 Å². The molecule has 4 heteroatoms. The van der Waals surface area contributed by atoms with E-state index < -0.39 is 6.04 Å². The monoisotopic (exact) mass is 292 g/mol. The molecule has 21 heavy (non-hydrogen) atoms. The number of nitrogens with one attached hydrogen (secondary N) is 1. The summed E-state index contributed by atoms with van der Waals surface area (Å²) in [6.07, 6.45) is 0.765. The summed E-state index contributed by atoms with van der Waals surface area (Å²) < 4.78 is 5.95. The molecule has 0 spiro atoms. The SMILES string of the molecule is CCC(CNC(=O)[C@@H](N)C(C)(C)C)Oc1ccccc1C. The highest BCUT2D eigenvalue weighted by Gasteiger charge is 2.27. The van der Waals surface area contributed by atoms with Crippen LogP contribution < -0.4 is 15.8 Å². The zero-order chi connectivity index (χ0) is 16.0. The number of hydrogen-bond acceptors (Lipinski definition) is 3. The van der Waals surface area contributed by atoms with Gasteiger partial charge in [0.05, 0.1) is 12.6 Å². The molecule has 3 N–H and O–H groups in total. The molecule has 0 aromatic heterocycles. The summed E-state index contributed by atoms with van der Waals surface area (Å²) in [5, 5.41) is 2.89. The maximum atomic E-state index is 12.0. The van der Waals surface area contributed by atoms with Crippen molar-refractivity contribution in [3.05, 3.63) is 29.8 Å². The van der Waals surface area contributed by atoms with Crippen molar-refractivity contribution >= 4 is 5.91 Å². The number of ether oxygens (including phenoxy) is 1. The molecule has 0 aliphatic carbocycles. The van der Waals surface area contributed by atoms with Crippen molar-refractivity contribution in [2.45, 2.75) is 53.2 Å². The van der Waals surface area contributed by atoms with Crippen LogP contribution in [0.2, 0.25) is 0 Å². The van der Waals surface area contributed by atoms with Crippen molar-refractivity contribution in [3.8, 4) is 5.75 Å². The Labute approximate surface area is 128 Å². The number of carbonyl (C=O) groups excluding carboxylic acids is 1. The normalized spacial score (nSPS) is 14.4. The molecule has 1 unspecified atom stereocenters. The third-order valence-corrected chi connectivity index (χ3v) is 3.56. The van der Waals surface area contributed by atoms with Gasteiger partial charge in [0, 0.05) is 0 Å². The molecular formula is C17H28N2O2. The highest BCUT2D eigenvalue weighted by Crippen LogP contribution is 2.19. The number of aryl methyl sites for hydroxylation is 1. The quantitative estimate of drug-likeness (QED) is 0.847. The molecule has 1 aromatic rings. The Hall–Kier alpha value is -1.55. The molecule has 1 amide bonds. The smallest absolute Gasteiger partial charge is 0.237 e. The molecule has 4 nitrogen and oxygen atoms in total. The zero-order valence-corrected chi connectivity index (χ0v) is 13.8. The molecule has 0 fully saturated rings. The third-order valence-electron chi connectivity index (χ3n) is 3.56. The van der Waals surface area contributed by atoms with Crippen LogP contribution >= 0.6 is 0 Å². The van der Waals surface area contributed by atoms with E-state index in [0.29, 0.717) is 6.54 Å². The molecular weight excluding hydrogens is 264 g/mol. The van der Waals surface area contributed by atoms with Crippen LogP contribution in [0.4, 0.5) is 0 Å². The van der Waals surface area contributed by atoms with Gasteiger partial charge in [-0.1, -0.05) is 45.9 Å². The minimum absolute atomic E-state index is 0.0535. The zero-order valence-electron chi connectivity index (χ0n) is 13.8. The van der Waals surface area contributed by atoms with E-state index in [1.807, 2.05) is 58.9 Å². The molecule has 0 radical (unpaired) electrons. The van der Waals surface area contributed by atoms with Gasteiger partial charge in [0.25, 0.3) is 0 Å². The Bertz CT molecular complexity index is 466. The molecule has 0 saturated carbocycles. The summed E-state index contributed by atoms with van der Waals surface area (Å²) >= 11 is 0. The van der Waals surface area contributed by atoms with Gasteiger partial charge in [-0.05, 0) is 30.4 Å². The molecule has 0 bridgehead atoms. The lowest BCUT2D eigenvalue weighted by molar-refractivity contribution is -0.124.